The molecule has 6 aromatic carbocycles. The summed E-state index contributed by atoms with van der Waals surface area (Å²) in [6.07, 6.45) is 9.45. The maximum atomic E-state index is 2.86. The lowest BCUT2D eigenvalue weighted by Crippen LogP contribution is -2.61. The Hall–Kier alpha value is -4.84. The molecule has 3 heterocycles. The van der Waals surface area contributed by atoms with Gasteiger partial charge in [0.2, 0.25) is 0 Å². The molecule has 0 bridgehead atoms. The van der Waals surface area contributed by atoms with E-state index >= 15 is 0 Å². The molecule has 0 unspecified atom stereocenters. The Bertz CT molecular complexity index is 3860. The van der Waals surface area contributed by atoms with E-state index in [9.17, 15) is 0 Å². The van der Waals surface area contributed by atoms with Gasteiger partial charge in [-0.2, -0.15) is 0 Å². The van der Waals surface area contributed by atoms with Gasteiger partial charge in [-0.05, 0) is 232 Å². The smallest absolute Gasteiger partial charge is 0.254 e. The summed E-state index contributed by atoms with van der Waals surface area (Å²) in [7, 11) is -1.58. The number of hydrogen-bond donors (Lipinski definition) is 0. The predicted octanol–water partition coefficient (Wildman–Crippen LogP) is 19.9. The third kappa shape index (κ3) is 8.38. The van der Waals surface area contributed by atoms with Crippen molar-refractivity contribution in [2.24, 2.45) is 0 Å². The van der Waals surface area contributed by atoms with E-state index in [1.165, 1.54) is 160 Å². The number of thiophene rings is 1. The van der Waals surface area contributed by atoms with Crippen LogP contribution in [0.15, 0.2) is 91.0 Å². The Morgan fingerprint density at radius 3 is 1.34 bits per heavy atom. The molecule has 0 amide bonds. The minimum absolute atomic E-state index is 0.00704. The van der Waals surface area contributed by atoms with Crippen molar-refractivity contribution >= 4 is 91.2 Å². The van der Waals surface area contributed by atoms with Crippen LogP contribution in [0, 0.1) is 0 Å². The highest BCUT2D eigenvalue weighted by Crippen LogP contribution is 2.58. The Morgan fingerprint density at radius 1 is 0.415 bits per heavy atom. The molecule has 13 rings (SSSR count). The third-order valence-corrected chi connectivity index (χ3v) is 26.1. The van der Waals surface area contributed by atoms with Crippen LogP contribution in [-0.2, 0) is 48.7 Å². The summed E-state index contributed by atoms with van der Waals surface area (Å²) in [4.78, 5) is 5.67. The van der Waals surface area contributed by atoms with Crippen LogP contribution in [0.2, 0.25) is 19.6 Å². The topological polar surface area (TPSA) is 6.48 Å². The minimum atomic E-state index is -1.58. The monoisotopic (exact) mass is 1120 g/mol. The Kier molecular flexibility index (Phi) is 12.0. The van der Waals surface area contributed by atoms with Gasteiger partial charge in [0.05, 0.1) is 18.8 Å². The van der Waals surface area contributed by atoms with E-state index in [1.54, 1.807) is 11.1 Å². The van der Waals surface area contributed by atoms with Gasteiger partial charge >= 0.3 is 0 Å². The molecule has 7 aromatic rings. The van der Waals surface area contributed by atoms with Crippen LogP contribution in [0.5, 0.6) is 0 Å². The van der Waals surface area contributed by atoms with Crippen molar-refractivity contribution in [2.45, 2.75) is 251 Å². The molecule has 0 spiro atoms. The maximum absolute atomic E-state index is 2.86. The van der Waals surface area contributed by atoms with E-state index in [0.29, 0.717) is 0 Å². The second-order valence-electron chi connectivity index (χ2n) is 34.5. The van der Waals surface area contributed by atoms with E-state index in [0.717, 1.165) is 6.42 Å². The summed E-state index contributed by atoms with van der Waals surface area (Å²) in [5.41, 5.74) is 27.6. The highest BCUT2D eigenvalue weighted by atomic mass is 32.1. The lowest BCUT2D eigenvalue weighted by molar-refractivity contribution is 0.332. The van der Waals surface area contributed by atoms with Gasteiger partial charge in [-0.25, -0.2) is 0 Å². The van der Waals surface area contributed by atoms with Crippen LogP contribution >= 0.6 is 11.3 Å². The number of rotatable bonds is 4. The van der Waals surface area contributed by atoms with Crippen molar-refractivity contribution in [1.29, 1.82) is 0 Å². The van der Waals surface area contributed by atoms with Crippen molar-refractivity contribution in [2.75, 3.05) is 9.80 Å². The summed E-state index contributed by atoms with van der Waals surface area (Å²) in [5, 5.41) is 4.36. The maximum Gasteiger partial charge on any atom is 0.254 e. The van der Waals surface area contributed by atoms with Crippen LogP contribution in [0.1, 0.15) is 233 Å². The SMILES string of the molecule is CC(C)(C)c1cc2c3c(c1)N(c1ccc4c(c1)C(C)(C)CCC4(C)C)c1sc4cc5c(cc4c1B3c1cc3c(cc1N2c1cc2c(cc1-c1ccc([Si](C)(C)C)cc1)C(C)(C)CCC2(C)C)C(C)(C)CCC3(C)C)C(C)(C)CCC5(C)C. The normalized spacial score (nSPS) is 21.6. The Labute approximate surface area is 501 Å². The van der Waals surface area contributed by atoms with E-state index in [1.807, 2.05) is 0 Å². The molecule has 2 aliphatic heterocycles. The fourth-order valence-electron chi connectivity index (χ4n) is 16.5. The molecule has 428 valence electrons. The van der Waals surface area contributed by atoms with Crippen LogP contribution in [0.25, 0.3) is 21.2 Å². The second kappa shape index (κ2) is 17.4. The minimum Gasteiger partial charge on any atom is -0.311 e. The zero-order chi connectivity index (χ0) is 59.0. The van der Waals surface area contributed by atoms with Gasteiger partial charge < -0.3 is 9.80 Å². The summed E-state index contributed by atoms with van der Waals surface area (Å²) < 4.78 is 1.43. The van der Waals surface area contributed by atoms with E-state index in [2.05, 4.69) is 263 Å². The van der Waals surface area contributed by atoms with Crippen molar-refractivity contribution < 1.29 is 0 Å². The van der Waals surface area contributed by atoms with Crippen LogP contribution in [-0.4, -0.2) is 14.8 Å². The van der Waals surface area contributed by atoms with Gasteiger partial charge in [-0.1, -0.05) is 193 Å². The molecule has 0 fully saturated rings. The molecular formula is C77H97BN2SSi. The molecule has 6 aliphatic rings. The number of fused-ring (bicyclic) bond motifs is 10. The summed E-state index contributed by atoms with van der Waals surface area (Å²) in [6, 6.07) is 39.4. The predicted molar refractivity (Wildman–Crippen MR) is 364 cm³/mol. The van der Waals surface area contributed by atoms with Gasteiger partial charge in [0.15, 0.2) is 0 Å². The zero-order valence-electron chi connectivity index (χ0n) is 54.7. The number of benzene rings is 6. The average Bonchev–Trinajstić information content (AvgIpc) is 1.29. The molecule has 2 nitrogen and oxygen atoms in total. The number of hydrogen-bond acceptors (Lipinski definition) is 3. The van der Waals surface area contributed by atoms with Crippen molar-refractivity contribution in [1.82, 2.24) is 0 Å². The summed E-state index contributed by atoms with van der Waals surface area (Å²) >= 11 is 2.07. The van der Waals surface area contributed by atoms with E-state index < -0.39 is 8.07 Å². The first-order valence-electron chi connectivity index (χ1n) is 31.9. The van der Waals surface area contributed by atoms with Gasteiger partial charge in [0, 0.05) is 33.0 Å². The molecule has 0 atom stereocenters. The molecule has 5 heteroatoms. The summed E-state index contributed by atoms with van der Waals surface area (Å²) in [5.74, 6) is 0. The largest absolute Gasteiger partial charge is 0.311 e. The van der Waals surface area contributed by atoms with Crippen molar-refractivity contribution in [3.63, 3.8) is 0 Å². The first-order chi connectivity index (χ1) is 37.8. The second-order valence-corrected chi connectivity index (χ2v) is 40.6. The van der Waals surface area contributed by atoms with E-state index in [-0.39, 0.29) is 55.4 Å². The van der Waals surface area contributed by atoms with Crippen molar-refractivity contribution in [3.05, 3.63) is 141 Å². The highest BCUT2D eigenvalue weighted by molar-refractivity contribution is 7.26. The molecule has 1 aromatic heterocycles. The highest BCUT2D eigenvalue weighted by Gasteiger charge is 2.51. The Balaban J connectivity index is 1.22. The van der Waals surface area contributed by atoms with Gasteiger partial charge in [0.1, 0.15) is 0 Å². The first-order valence-corrected chi connectivity index (χ1v) is 36.2. The van der Waals surface area contributed by atoms with Gasteiger partial charge in [-0.3, -0.25) is 0 Å². The third-order valence-electron chi connectivity index (χ3n) is 22.9. The molecule has 0 N–H and O–H groups in total. The van der Waals surface area contributed by atoms with Gasteiger partial charge in [0.25, 0.3) is 6.71 Å². The standard InChI is InChI=1S/C77H97BN2SSi/c1-69(2,3)47-37-63-67-64(38-47)80(61-43-57-54(72(8,9)31-34-75(57,14)15)40-50(61)46-23-26-49(27-24-46)82(20,21)22)62-44-58-56(74(12,13)33-35-76(58,16)17)42-60(62)78(67)66-51-41-55-59(77(18,19)36-32-73(55,10)11)45-65(51)81-68(66)79(63)48-25-28-52-53(39-48)71(6,7)30-29-70(52,4)5/h23-28,37-45H,29-36H2,1-22H3. The van der Waals surface area contributed by atoms with Crippen LogP contribution in [0.3, 0.4) is 0 Å². The number of anilines is 6. The quantitative estimate of drug-likeness (QED) is 0.162. The van der Waals surface area contributed by atoms with Crippen molar-refractivity contribution in [3.8, 4) is 11.1 Å². The van der Waals surface area contributed by atoms with Gasteiger partial charge in [-0.15, -0.1) is 11.3 Å². The number of nitrogens with zero attached hydrogens (tertiary/aromatic N) is 2. The lowest BCUT2D eigenvalue weighted by Gasteiger charge is -2.48. The van der Waals surface area contributed by atoms with Crippen LogP contribution < -0.4 is 31.4 Å². The Morgan fingerprint density at radius 2 is 0.841 bits per heavy atom. The molecule has 0 radical (unpaired) electrons. The lowest BCUT2D eigenvalue weighted by atomic mass is 9.33. The molecule has 4 aliphatic carbocycles. The fourth-order valence-corrected chi connectivity index (χ4v) is 18.9. The molecule has 0 saturated carbocycles. The summed E-state index contributed by atoms with van der Waals surface area (Å²) in [6.45, 7) is 55.1. The van der Waals surface area contributed by atoms with E-state index in [4.69, 9.17) is 0 Å². The fraction of sp³-hybridized carbons (Fsp3) is 0.506. The zero-order valence-corrected chi connectivity index (χ0v) is 56.5. The average molecular weight is 1120 g/mol. The van der Waals surface area contributed by atoms with Crippen LogP contribution in [0.4, 0.5) is 33.4 Å². The molecule has 0 saturated heterocycles. The first kappa shape index (κ1) is 56.3. The molecule has 82 heavy (non-hydrogen) atoms. The molecular weight excluding hydrogens is 1020 g/mol.